The van der Waals surface area contributed by atoms with Crippen LogP contribution in [-0.2, 0) is 10.5 Å². The van der Waals surface area contributed by atoms with Crippen molar-refractivity contribution < 1.29 is 14.1 Å². The van der Waals surface area contributed by atoms with Crippen LogP contribution in [0.15, 0.2) is 33.1 Å². The van der Waals surface area contributed by atoms with Crippen molar-refractivity contribution in [3.8, 4) is 17.1 Å². The molecule has 1 aliphatic carbocycles. The fraction of sp³-hybridized carbons (Fsp3) is 0.389. The van der Waals surface area contributed by atoms with Crippen LogP contribution in [0.5, 0.6) is 5.75 Å². The maximum Gasteiger partial charge on any atom is 0.237 e. The number of amides is 1. The summed E-state index contributed by atoms with van der Waals surface area (Å²) in [7, 11) is 0. The zero-order valence-electron chi connectivity index (χ0n) is 15.5. The predicted octanol–water partition coefficient (Wildman–Crippen LogP) is 3.79. The van der Waals surface area contributed by atoms with E-state index in [9.17, 15) is 4.79 Å². The number of carbonyl (C=O) groups is 1. The van der Waals surface area contributed by atoms with Crippen LogP contribution in [0.4, 0.5) is 5.13 Å². The summed E-state index contributed by atoms with van der Waals surface area (Å²) in [6.45, 7) is 4.06. The van der Waals surface area contributed by atoms with E-state index in [1.165, 1.54) is 23.1 Å². The van der Waals surface area contributed by atoms with Crippen LogP contribution in [0.2, 0.25) is 0 Å². The van der Waals surface area contributed by atoms with Gasteiger partial charge in [0.25, 0.3) is 0 Å². The monoisotopic (exact) mass is 417 g/mol. The second-order valence-electron chi connectivity index (χ2n) is 6.20. The van der Waals surface area contributed by atoms with Crippen LogP contribution in [0.1, 0.15) is 32.6 Å². The number of aromatic nitrogens is 4. The van der Waals surface area contributed by atoms with Gasteiger partial charge in [0.05, 0.1) is 17.9 Å². The molecule has 0 atom stereocenters. The van der Waals surface area contributed by atoms with Gasteiger partial charge in [0.2, 0.25) is 22.8 Å². The number of rotatable bonds is 8. The summed E-state index contributed by atoms with van der Waals surface area (Å²) in [5, 5.41) is 13.1. The van der Waals surface area contributed by atoms with Gasteiger partial charge in [-0.3, -0.25) is 9.69 Å². The van der Waals surface area contributed by atoms with Crippen molar-refractivity contribution in [1.29, 1.82) is 0 Å². The molecule has 1 amide bonds. The molecule has 0 radical (unpaired) electrons. The molecule has 10 heteroatoms. The first-order valence-electron chi connectivity index (χ1n) is 8.96. The zero-order chi connectivity index (χ0) is 19.5. The lowest BCUT2D eigenvalue weighted by Gasteiger charge is -2.15. The molecule has 0 unspecified atom stereocenters. The van der Waals surface area contributed by atoms with Crippen molar-refractivity contribution in [3.63, 3.8) is 0 Å². The third kappa shape index (κ3) is 4.17. The lowest BCUT2D eigenvalue weighted by molar-refractivity contribution is -0.116. The minimum absolute atomic E-state index is 0.00436. The van der Waals surface area contributed by atoms with Crippen molar-refractivity contribution >= 4 is 34.1 Å². The zero-order valence-corrected chi connectivity index (χ0v) is 17.1. The lowest BCUT2D eigenvalue weighted by Crippen LogP contribution is -2.30. The number of nitrogens with zero attached hydrogens (tertiary/aromatic N) is 5. The summed E-state index contributed by atoms with van der Waals surface area (Å²) in [5.74, 6) is 2.19. The molecule has 8 nitrogen and oxygen atoms in total. The summed E-state index contributed by atoms with van der Waals surface area (Å²) in [4.78, 5) is 18.0. The number of benzene rings is 1. The molecule has 0 bridgehead atoms. The SMILES string of the molecule is CCOc1ccccc1-c1noc(CSc2nnc(N(C(C)=O)C3CC3)s2)n1. The molecule has 3 aromatic rings. The maximum absolute atomic E-state index is 11.8. The Hall–Kier alpha value is -2.46. The Morgan fingerprint density at radius 1 is 1.36 bits per heavy atom. The molecule has 28 heavy (non-hydrogen) atoms. The Labute approximate surface area is 170 Å². The van der Waals surface area contributed by atoms with Gasteiger partial charge in [0, 0.05) is 13.0 Å². The molecule has 0 N–H and O–H groups in total. The van der Waals surface area contributed by atoms with Crippen molar-refractivity contribution in [3.05, 3.63) is 30.2 Å². The number of thioether (sulfide) groups is 1. The normalized spacial score (nSPS) is 13.5. The van der Waals surface area contributed by atoms with Crippen molar-refractivity contribution in [2.24, 2.45) is 0 Å². The second kappa shape index (κ2) is 8.27. The summed E-state index contributed by atoms with van der Waals surface area (Å²) >= 11 is 2.86. The van der Waals surface area contributed by atoms with E-state index in [-0.39, 0.29) is 11.9 Å². The van der Waals surface area contributed by atoms with Gasteiger partial charge < -0.3 is 9.26 Å². The minimum Gasteiger partial charge on any atom is -0.493 e. The first-order valence-corrected chi connectivity index (χ1v) is 10.8. The van der Waals surface area contributed by atoms with E-state index in [1.807, 2.05) is 31.2 Å². The standard InChI is InChI=1S/C18H19N5O3S2/c1-3-25-14-7-5-4-6-13(14)16-19-15(26-22-16)10-27-18-21-20-17(28-18)23(11(2)24)12-8-9-12/h4-7,12H,3,8-10H2,1-2H3. The molecular weight excluding hydrogens is 398 g/mol. The summed E-state index contributed by atoms with van der Waals surface area (Å²) in [6, 6.07) is 7.87. The highest BCUT2D eigenvalue weighted by Gasteiger charge is 2.34. The Balaban J connectivity index is 1.42. The average molecular weight is 418 g/mol. The molecular formula is C18H19N5O3S2. The fourth-order valence-corrected chi connectivity index (χ4v) is 4.51. The minimum atomic E-state index is 0.00436. The maximum atomic E-state index is 11.8. The number of hydrogen-bond acceptors (Lipinski definition) is 9. The van der Waals surface area contributed by atoms with E-state index in [4.69, 9.17) is 9.26 Å². The van der Waals surface area contributed by atoms with E-state index in [0.717, 1.165) is 28.5 Å². The van der Waals surface area contributed by atoms with E-state index in [2.05, 4.69) is 20.3 Å². The summed E-state index contributed by atoms with van der Waals surface area (Å²) < 4.78 is 11.8. The van der Waals surface area contributed by atoms with E-state index >= 15 is 0 Å². The van der Waals surface area contributed by atoms with Crippen molar-refractivity contribution in [2.75, 3.05) is 11.5 Å². The highest BCUT2D eigenvalue weighted by atomic mass is 32.2. The predicted molar refractivity (Wildman–Crippen MR) is 107 cm³/mol. The van der Waals surface area contributed by atoms with Gasteiger partial charge in [0.1, 0.15) is 5.75 Å². The lowest BCUT2D eigenvalue weighted by atomic mass is 10.2. The number of ether oxygens (including phenoxy) is 1. The molecule has 0 saturated heterocycles. The molecule has 0 aliphatic heterocycles. The van der Waals surface area contributed by atoms with Gasteiger partial charge in [-0.15, -0.1) is 10.2 Å². The third-order valence-electron chi connectivity index (χ3n) is 4.07. The summed E-state index contributed by atoms with van der Waals surface area (Å²) in [5.41, 5.74) is 0.795. The largest absolute Gasteiger partial charge is 0.493 e. The van der Waals surface area contributed by atoms with Gasteiger partial charge in [-0.1, -0.05) is 40.4 Å². The Bertz CT molecular complexity index is 970. The molecule has 4 rings (SSSR count). The van der Waals surface area contributed by atoms with Crippen LogP contribution >= 0.6 is 23.1 Å². The fourth-order valence-electron chi connectivity index (χ4n) is 2.72. The first kappa shape index (κ1) is 18.9. The van der Waals surface area contributed by atoms with Crippen LogP contribution in [0, 0.1) is 0 Å². The van der Waals surface area contributed by atoms with Crippen LogP contribution in [-0.4, -0.2) is 38.9 Å². The van der Waals surface area contributed by atoms with Crippen LogP contribution < -0.4 is 9.64 Å². The quantitative estimate of drug-likeness (QED) is 0.404. The average Bonchev–Trinajstić information content (AvgIpc) is 3.21. The Morgan fingerprint density at radius 3 is 2.93 bits per heavy atom. The number of para-hydroxylation sites is 1. The van der Waals surface area contributed by atoms with E-state index in [1.54, 1.807) is 11.8 Å². The van der Waals surface area contributed by atoms with Gasteiger partial charge in [0.15, 0.2) is 4.34 Å². The molecule has 1 saturated carbocycles. The molecule has 0 spiro atoms. The molecule has 1 aromatic carbocycles. The van der Waals surface area contributed by atoms with Gasteiger partial charge in [-0.05, 0) is 31.9 Å². The molecule has 146 valence electrons. The molecule has 2 aromatic heterocycles. The topological polar surface area (TPSA) is 94.2 Å². The van der Waals surface area contributed by atoms with Gasteiger partial charge in [-0.25, -0.2) is 0 Å². The smallest absolute Gasteiger partial charge is 0.237 e. The van der Waals surface area contributed by atoms with Crippen LogP contribution in [0.3, 0.4) is 0 Å². The summed E-state index contributed by atoms with van der Waals surface area (Å²) in [6.07, 6.45) is 2.05. The van der Waals surface area contributed by atoms with Gasteiger partial charge in [-0.2, -0.15) is 4.98 Å². The first-order chi connectivity index (χ1) is 13.7. The number of carbonyl (C=O) groups excluding carboxylic acids is 1. The highest BCUT2D eigenvalue weighted by Crippen LogP contribution is 2.36. The molecule has 1 aliphatic rings. The number of hydrogen-bond donors (Lipinski definition) is 0. The molecule has 1 fully saturated rings. The van der Waals surface area contributed by atoms with E-state index in [0.29, 0.717) is 29.2 Å². The second-order valence-corrected chi connectivity index (χ2v) is 8.38. The Kier molecular flexibility index (Phi) is 5.58. The van der Waals surface area contributed by atoms with Crippen molar-refractivity contribution in [2.45, 2.75) is 42.8 Å². The van der Waals surface area contributed by atoms with Crippen LogP contribution in [0.25, 0.3) is 11.4 Å². The number of anilines is 1. The Morgan fingerprint density at radius 2 is 2.18 bits per heavy atom. The van der Waals surface area contributed by atoms with Crippen molar-refractivity contribution in [1.82, 2.24) is 20.3 Å². The highest BCUT2D eigenvalue weighted by molar-refractivity contribution is 8.00. The van der Waals surface area contributed by atoms with E-state index < -0.39 is 0 Å². The third-order valence-corrected chi connectivity index (χ3v) is 6.11. The molecule has 2 heterocycles. The van der Waals surface area contributed by atoms with Gasteiger partial charge >= 0.3 is 0 Å².